The van der Waals surface area contributed by atoms with E-state index < -0.39 is 0 Å². The number of imidazole rings is 1. The van der Waals surface area contributed by atoms with Gasteiger partial charge in [0.05, 0.1) is 6.33 Å². The summed E-state index contributed by atoms with van der Waals surface area (Å²) in [7, 11) is 0. The van der Waals surface area contributed by atoms with E-state index in [4.69, 9.17) is 5.73 Å². The molecule has 1 atom stereocenters. The molecule has 0 spiro atoms. The van der Waals surface area contributed by atoms with Crippen LogP contribution in [-0.2, 0) is 6.42 Å². The van der Waals surface area contributed by atoms with Gasteiger partial charge in [-0.15, -0.1) is 0 Å². The van der Waals surface area contributed by atoms with Crippen LogP contribution in [-0.4, -0.2) is 9.55 Å². The molecule has 1 heterocycles. The van der Waals surface area contributed by atoms with Crippen LogP contribution in [0.3, 0.4) is 0 Å². The van der Waals surface area contributed by atoms with E-state index in [1.54, 1.807) is 12.5 Å². The summed E-state index contributed by atoms with van der Waals surface area (Å²) in [5.41, 5.74) is 8.69. The van der Waals surface area contributed by atoms with Crippen LogP contribution in [0.25, 0.3) is 0 Å². The van der Waals surface area contributed by atoms with Crippen LogP contribution < -0.4 is 5.73 Å². The predicted octanol–water partition coefficient (Wildman–Crippen LogP) is 2.53. The van der Waals surface area contributed by atoms with Gasteiger partial charge in [0, 0.05) is 12.4 Å². The van der Waals surface area contributed by atoms with Crippen molar-refractivity contribution in [2.24, 2.45) is 5.73 Å². The summed E-state index contributed by atoms with van der Waals surface area (Å²) in [5.74, 6) is 0. The summed E-state index contributed by atoms with van der Waals surface area (Å²) in [4.78, 5) is 4.03. The van der Waals surface area contributed by atoms with E-state index in [-0.39, 0.29) is 6.17 Å². The molecule has 89 valence electrons. The van der Waals surface area contributed by atoms with Gasteiger partial charge in [0.2, 0.25) is 0 Å². The Labute approximate surface area is 102 Å². The highest BCUT2D eigenvalue weighted by Gasteiger charge is 2.11. The van der Waals surface area contributed by atoms with Crippen molar-refractivity contribution in [1.29, 1.82) is 0 Å². The van der Waals surface area contributed by atoms with Crippen LogP contribution in [0.4, 0.5) is 0 Å². The first-order valence-electron chi connectivity index (χ1n) is 6.05. The van der Waals surface area contributed by atoms with Gasteiger partial charge in [0.15, 0.2) is 0 Å². The predicted molar refractivity (Wildman–Crippen MR) is 68.4 cm³/mol. The summed E-state index contributed by atoms with van der Waals surface area (Å²) in [6.45, 7) is 2.20. The normalized spacial score (nSPS) is 12.6. The first-order chi connectivity index (χ1) is 8.33. The fourth-order valence-corrected chi connectivity index (χ4v) is 1.94. The maximum absolute atomic E-state index is 6.24. The van der Waals surface area contributed by atoms with Crippen LogP contribution in [0.2, 0.25) is 0 Å². The fraction of sp³-hybridized carbons (Fsp3) is 0.357. The molecule has 0 bridgehead atoms. The van der Waals surface area contributed by atoms with Gasteiger partial charge in [-0.05, 0) is 36.1 Å². The number of unbranched alkanes of at least 4 members (excludes halogenated alkanes) is 1. The Morgan fingerprint density at radius 3 is 3.12 bits per heavy atom. The van der Waals surface area contributed by atoms with Crippen molar-refractivity contribution in [3.8, 4) is 0 Å². The lowest BCUT2D eigenvalue weighted by molar-refractivity contribution is 0.600. The molecule has 1 aromatic heterocycles. The molecule has 2 aromatic rings. The summed E-state index contributed by atoms with van der Waals surface area (Å²) in [6, 6.07) is 9.16. The van der Waals surface area contributed by atoms with E-state index in [9.17, 15) is 0 Å². The SMILES string of the molecule is CCCCc1cc[c]cc1C(N)n1ccnc1. The van der Waals surface area contributed by atoms with Crippen molar-refractivity contribution in [3.05, 3.63) is 54.1 Å². The summed E-state index contributed by atoms with van der Waals surface area (Å²) in [6.07, 6.45) is 8.68. The minimum atomic E-state index is -0.165. The summed E-state index contributed by atoms with van der Waals surface area (Å²) in [5, 5.41) is 0. The Bertz CT molecular complexity index is 448. The second-order valence-corrected chi connectivity index (χ2v) is 4.18. The van der Waals surface area contributed by atoms with Gasteiger partial charge in [0.1, 0.15) is 6.17 Å². The third-order valence-electron chi connectivity index (χ3n) is 2.95. The van der Waals surface area contributed by atoms with Gasteiger partial charge in [-0.3, -0.25) is 0 Å². The minimum Gasteiger partial charge on any atom is -0.317 e. The highest BCUT2D eigenvalue weighted by atomic mass is 15.1. The number of aromatic nitrogens is 2. The minimum absolute atomic E-state index is 0.165. The fourth-order valence-electron chi connectivity index (χ4n) is 1.94. The first kappa shape index (κ1) is 11.9. The number of nitrogens with two attached hydrogens (primary N) is 1. The third kappa shape index (κ3) is 2.74. The maximum Gasteiger partial charge on any atom is 0.109 e. The molecule has 0 amide bonds. The van der Waals surface area contributed by atoms with E-state index in [0.717, 1.165) is 12.0 Å². The van der Waals surface area contributed by atoms with Crippen LogP contribution in [0.5, 0.6) is 0 Å². The quantitative estimate of drug-likeness (QED) is 0.854. The Balaban J connectivity index is 2.25. The van der Waals surface area contributed by atoms with E-state index in [2.05, 4.69) is 24.0 Å². The Morgan fingerprint density at radius 2 is 2.41 bits per heavy atom. The lowest BCUT2D eigenvalue weighted by atomic mass is 10.0. The van der Waals surface area contributed by atoms with Gasteiger partial charge >= 0.3 is 0 Å². The van der Waals surface area contributed by atoms with Gasteiger partial charge in [-0.2, -0.15) is 0 Å². The maximum atomic E-state index is 6.24. The van der Waals surface area contributed by atoms with Crippen molar-refractivity contribution in [2.75, 3.05) is 0 Å². The zero-order valence-electron chi connectivity index (χ0n) is 10.1. The van der Waals surface area contributed by atoms with Gasteiger partial charge < -0.3 is 10.3 Å². The molecule has 17 heavy (non-hydrogen) atoms. The Morgan fingerprint density at radius 1 is 1.53 bits per heavy atom. The first-order valence-corrected chi connectivity index (χ1v) is 6.05. The number of rotatable bonds is 5. The summed E-state index contributed by atoms with van der Waals surface area (Å²) >= 11 is 0. The number of benzene rings is 1. The summed E-state index contributed by atoms with van der Waals surface area (Å²) < 4.78 is 1.92. The number of hydrogen-bond donors (Lipinski definition) is 1. The van der Waals surface area contributed by atoms with E-state index in [1.165, 1.54) is 18.4 Å². The average molecular weight is 228 g/mol. The van der Waals surface area contributed by atoms with E-state index in [1.807, 2.05) is 22.9 Å². The van der Waals surface area contributed by atoms with Crippen LogP contribution in [0, 0.1) is 6.07 Å². The van der Waals surface area contributed by atoms with E-state index in [0.29, 0.717) is 0 Å². The van der Waals surface area contributed by atoms with Gasteiger partial charge in [0.25, 0.3) is 0 Å². The number of hydrogen-bond acceptors (Lipinski definition) is 2. The molecular formula is C14H18N3. The molecular weight excluding hydrogens is 210 g/mol. The van der Waals surface area contributed by atoms with Crippen LogP contribution >= 0.6 is 0 Å². The topological polar surface area (TPSA) is 43.8 Å². The van der Waals surface area contributed by atoms with Crippen molar-refractivity contribution < 1.29 is 0 Å². The molecule has 0 aliphatic rings. The molecule has 0 fully saturated rings. The van der Waals surface area contributed by atoms with Crippen LogP contribution in [0.1, 0.15) is 37.1 Å². The highest BCUT2D eigenvalue weighted by molar-refractivity contribution is 5.29. The average Bonchev–Trinajstić information content (AvgIpc) is 2.89. The molecule has 3 heteroatoms. The molecule has 1 aromatic carbocycles. The zero-order valence-corrected chi connectivity index (χ0v) is 10.1. The Kier molecular flexibility index (Phi) is 3.94. The highest BCUT2D eigenvalue weighted by Crippen LogP contribution is 2.19. The van der Waals surface area contributed by atoms with Gasteiger partial charge in [-0.1, -0.05) is 25.5 Å². The molecule has 3 nitrogen and oxygen atoms in total. The van der Waals surface area contributed by atoms with Crippen molar-refractivity contribution in [3.63, 3.8) is 0 Å². The standard InChI is InChI=1S/C14H18N3/c1-2-3-6-12-7-4-5-8-13(12)14(15)17-10-9-16-11-17/h4,7-11,14H,2-3,6,15H2,1H3. The second-order valence-electron chi connectivity index (χ2n) is 4.18. The molecule has 1 radical (unpaired) electrons. The number of aryl methyl sites for hydroxylation is 1. The number of nitrogens with zero attached hydrogens (tertiary/aromatic N) is 2. The van der Waals surface area contributed by atoms with Crippen molar-refractivity contribution >= 4 is 0 Å². The largest absolute Gasteiger partial charge is 0.317 e. The van der Waals surface area contributed by atoms with E-state index >= 15 is 0 Å². The molecule has 1 unspecified atom stereocenters. The molecule has 0 aliphatic heterocycles. The molecule has 0 saturated carbocycles. The Hall–Kier alpha value is -1.61. The third-order valence-corrected chi connectivity index (χ3v) is 2.95. The smallest absolute Gasteiger partial charge is 0.109 e. The molecule has 2 rings (SSSR count). The molecule has 0 saturated heterocycles. The monoisotopic (exact) mass is 228 g/mol. The molecule has 0 aliphatic carbocycles. The van der Waals surface area contributed by atoms with Crippen LogP contribution in [0.15, 0.2) is 36.9 Å². The lowest BCUT2D eigenvalue weighted by Crippen LogP contribution is -2.20. The van der Waals surface area contributed by atoms with Crippen molar-refractivity contribution in [1.82, 2.24) is 9.55 Å². The zero-order chi connectivity index (χ0) is 12.1. The lowest BCUT2D eigenvalue weighted by Gasteiger charge is -2.17. The van der Waals surface area contributed by atoms with Gasteiger partial charge in [-0.25, -0.2) is 4.98 Å². The molecule has 2 N–H and O–H groups in total. The van der Waals surface area contributed by atoms with Crippen molar-refractivity contribution in [2.45, 2.75) is 32.4 Å². The second kappa shape index (κ2) is 5.64.